The third-order valence-corrected chi connectivity index (χ3v) is 4.99. The van der Waals surface area contributed by atoms with Gasteiger partial charge in [0.05, 0.1) is 0 Å². The van der Waals surface area contributed by atoms with Crippen LogP contribution in [0.15, 0.2) is 71.1 Å². The number of carbonyl (C=O) groups is 1. The summed E-state index contributed by atoms with van der Waals surface area (Å²) in [5.41, 5.74) is 2.41. The van der Waals surface area contributed by atoms with Crippen molar-refractivity contribution in [3.05, 3.63) is 72.3 Å². The van der Waals surface area contributed by atoms with Crippen molar-refractivity contribution >= 4 is 49.3 Å². The summed E-state index contributed by atoms with van der Waals surface area (Å²) in [4.78, 5) is 12.5. The van der Waals surface area contributed by atoms with Gasteiger partial charge in [-0.1, -0.05) is 61.5 Å². The minimum Gasteiger partial charge on any atom is -0.455 e. The zero-order valence-corrected chi connectivity index (χ0v) is 13.9. The first-order valence-corrected chi connectivity index (χ1v) is 8.57. The summed E-state index contributed by atoms with van der Waals surface area (Å²) in [6, 6.07) is 22.5. The fourth-order valence-electron chi connectivity index (χ4n) is 3.79. The molecule has 1 aromatic heterocycles. The van der Waals surface area contributed by atoms with Crippen molar-refractivity contribution in [2.24, 2.45) is 0 Å². The van der Waals surface area contributed by atoms with Gasteiger partial charge < -0.3 is 4.42 Å². The SMILES string of the molecule is CCC(=O)c1cc2oc3c4ccccc4ccc3c2c2ccccc12. The van der Waals surface area contributed by atoms with Gasteiger partial charge in [-0.2, -0.15) is 0 Å². The molecular weight excluding hydrogens is 308 g/mol. The molecule has 0 aliphatic rings. The Morgan fingerprint density at radius 2 is 1.56 bits per heavy atom. The number of furan rings is 1. The molecular formula is C23H16O2. The maximum atomic E-state index is 12.5. The second-order valence-corrected chi connectivity index (χ2v) is 6.39. The number of ketones is 1. The average molecular weight is 324 g/mol. The van der Waals surface area contributed by atoms with Crippen LogP contribution in [0.25, 0.3) is 43.5 Å². The van der Waals surface area contributed by atoms with Gasteiger partial charge in [-0.3, -0.25) is 4.79 Å². The van der Waals surface area contributed by atoms with Gasteiger partial charge in [-0.25, -0.2) is 0 Å². The third kappa shape index (κ3) is 1.94. The van der Waals surface area contributed by atoms with Crippen molar-refractivity contribution < 1.29 is 9.21 Å². The summed E-state index contributed by atoms with van der Waals surface area (Å²) in [7, 11) is 0. The lowest BCUT2D eigenvalue weighted by Crippen LogP contribution is -1.97. The van der Waals surface area contributed by atoms with Crippen molar-refractivity contribution in [3.63, 3.8) is 0 Å². The molecule has 0 aliphatic heterocycles. The number of hydrogen-bond acceptors (Lipinski definition) is 2. The Morgan fingerprint density at radius 3 is 2.36 bits per heavy atom. The predicted molar refractivity (Wildman–Crippen MR) is 103 cm³/mol. The Kier molecular flexibility index (Phi) is 2.95. The van der Waals surface area contributed by atoms with Gasteiger partial charge in [0.25, 0.3) is 0 Å². The average Bonchev–Trinajstić information content (AvgIpc) is 3.06. The second-order valence-electron chi connectivity index (χ2n) is 6.39. The standard InChI is InChI=1S/C23H16O2/c1-2-20(24)19-13-21-22(17-10-6-5-9-16(17)19)18-12-11-14-7-3-4-8-15(14)23(18)25-21/h3-13H,2H2,1H3. The van der Waals surface area contributed by atoms with E-state index >= 15 is 0 Å². The molecule has 4 aromatic carbocycles. The zero-order valence-electron chi connectivity index (χ0n) is 13.9. The highest BCUT2D eigenvalue weighted by Crippen LogP contribution is 2.39. The molecule has 0 spiro atoms. The van der Waals surface area contributed by atoms with Gasteiger partial charge in [0.15, 0.2) is 5.78 Å². The molecule has 120 valence electrons. The van der Waals surface area contributed by atoms with E-state index < -0.39 is 0 Å². The van der Waals surface area contributed by atoms with Crippen LogP contribution in [0.1, 0.15) is 23.7 Å². The van der Waals surface area contributed by atoms with E-state index in [4.69, 9.17) is 4.42 Å². The molecule has 25 heavy (non-hydrogen) atoms. The molecule has 0 saturated heterocycles. The Balaban J connectivity index is 2.04. The van der Waals surface area contributed by atoms with E-state index in [1.165, 1.54) is 0 Å². The van der Waals surface area contributed by atoms with Crippen LogP contribution in [0.4, 0.5) is 0 Å². The van der Waals surface area contributed by atoms with Crippen molar-refractivity contribution in [2.45, 2.75) is 13.3 Å². The number of Topliss-reactive ketones (excluding diaryl/α,β-unsaturated/α-hetero) is 1. The Hall–Kier alpha value is -3.13. The van der Waals surface area contributed by atoms with Crippen LogP contribution in [-0.4, -0.2) is 5.78 Å². The summed E-state index contributed by atoms with van der Waals surface area (Å²) < 4.78 is 6.26. The van der Waals surface area contributed by atoms with Gasteiger partial charge in [0.1, 0.15) is 11.2 Å². The topological polar surface area (TPSA) is 30.2 Å². The van der Waals surface area contributed by atoms with Crippen LogP contribution in [0.3, 0.4) is 0 Å². The molecule has 5 aromatic rings. The normalized spacial score (nSPS) is 11.7. The number of benzene rings is 4. The van der Waals surface area contributed by atoms with Gasteiger partial charge in [-0.15, -0.1) is 0 Å². The van der Waals surface area contributed by atoms with Crippen molar-refractivity contribution in [2.75, 3.05) is 0 Å². The highest BCUT2D eigenvalue weighted by atomic mass is 16.3. The molecule has 0 bridgehead atoms. The van der Waals surface area contributed by atoms with Crippen molar-refractivity contribution in [1.82, 2.24) is 0 Å². The molecule has 0 unspecified atom stereocenters. The number of hydrogen-bond donors (Lipinski definition) is 0. The lowest BCUT2D eigenvalue weighted by atomic mass is 9.96. The summed E-state index contributed by atoms with van der Waals surface area (Å²) in [5.74, 6) is 0.142. The van der Waals surface area contributed by atoms with Crippen LogP contribution in [0.2, 0.25) is 0 Å². The first-order valence-electron chi connectivity index (χ1n) is 8.57. The van der Waals surface area contributed by atoms with Crippen molar-refractivity contribution in [3.8, 4) is 0 Å². The van der Waals surface area contributed by atoms with Crippen LogP contribution < -0.4 is 0 Å². The van der Waals surface area contributed by atoms with Crippen molar-refractivity contribution in [1.29, 1.82) is 0 Å². The maximum Gasteiger partial charge on any atom is 0.163 e. The summed E-state index contributed by atoms with van der Waals surface area (Å²) in [5, 5.41) is 6.51. The molecule has 2 nitrogen and oxygen atoms in total. The molecule has 0 fully saturated rings. The van der Waals surface area contributed by atoms with E-state index in [0.29, 0.717) is 6.42 Å². The van der Waals surface area contributed by atoms with E-state index in [0.717, 1.165) is 49.0 Å². The fraction of sp³-hybridized carbons (Fsp3) is 0.0870. The van der Waals surface area contributed by atoms with E-state index in [1.54, 1.807) is 0 Å². The predicted octanol–water partition coefficient (Wildman–Crippen LogP) is 6.49. The smallest absolute Gasteiger partial charge is 0.163 e. The lowest BCUT2D eigenvalue weighted by Gasteiger charge is -2.06. The molecule has 0 amide bonds. The zero-order chi connectivity index (χ0) is 17.0. The minimum absolute atomic E-state index is 0.142. The van der Waals surface area contributed by atoms with Gasteiger partial charge in [0, 0.05) is 28.1 Å². The molecule has 2 heteroatoms. The van der Waals surface area contributed by atoms with Crippen LogP contribution in [0.5, 0.6) is 0 Å². The summed E-state index contributed by atoms with van der Waals surface area (Å²) >= 11 is 0. The molecule has 0 aliphatic carbocycles. The Morgan fingerprint density at radius 1 is 0.840 bits per heavy atom. The molecule has 0 atom stereocenters. The molecule has 1 heterocycles. The van der Waals surface area contributed by atoms with Crippen LogP contribution in [-0.2, 0) is 0 Å². The van der Waals surface area contributed by atoms with Gasteiger partial charge in [0.2, 0.25) is 0 Å². The van der Waals surface area contributed by atoms with E-state index in [-0.39, 0.29) is 5.78 Å². The Labute approximate surface area is 144 Å². The molecule has 5 rings (SSSR count). The van der Waals surface area contributed by atoms with E-state index in [1.807, 2.05) is 43.3 Å². The van der Waals surface area contributed by atoms with Crippen LogP contribution in [0, 0.1) is 0 Å². The monoisotopic (exact) mass is 324 g/mol. The quantitative estimate of drug-likeness (QED) is 0.348. The highest BCUT2D eigenvalue weighted by molar-refractivity contribution is 6.26. The maximum absolute atomic E-state index is 12.5. The van der Waals surface area contributed by atoms with Gasteiger partial charge >= 0.3 is 0 Å². The molecule has 0 saturated carbocycles. The fourth-order valence-corrected chi connectivity index (χ4v) is 3.79. The molecule has 0 radical (unpaired) electrons. The van der Waals surface area contributed by atoms with E-state index in [9.17, 15) is 4.79 Å². The second kappa shape index (κ2) is 5.18. The molecule has 0 N–H and O–H groups in total. The third-order valence-electron chi connectivity index (χ3n) is 4.99. The number of rotatable bonds is 2. The first-order chi connectivity index (χ1) is 12.3. The lowest BCUT2D eigenvalue weighted by molar-refractivity contribution is 0.0990. The van der Waals surface area contributed by atoms with Gasteiger partial charge in [-0.05, 0) is 28.3 Å². The first kappa shape index (κ1) is 14.2. The van der Waals surface area contributed by atoms with E-state index in [2.05, 4.69) is 30.3 Å². The number of carbonyl (C=O) groups excluding carboxylic acids is 1. The number of fused-ring (bicyclic) bond motifs is 7. The summed E-state index contributed by atoms with van der Waals surface area (Å²) in [6.07, 6.45) is 0.485. The Bertz CT molecular complexity index is 1290. The summed E-state index contributed by atoms with van der Waals surface area (Å²) in [6.45, 7) is 1.90. The highest BCUT2D eigenvalue weighted by Gasteiger charge is 2.17. The minimum atomic E-state index is 0.142. The largest absolute Gasteiger partial charge is 0.455 e. The van der Waals surface area contributed by atoms with Crippen LogP contribution >= 0.6 is 0 Å².